The molecule has 0 aromatic carbocycles. The SMILES string of the molecule is CNc1cc(NC2CCCCC2)nc(C2CC2)n1. The second-order valence-electron chi connectivity index (χ2n) is 5.50. The van der Waals surface area contributed by atoms with Gasteiger partial charge in [-0.3, -0.25) is 0 Å². The first kappa shape index (κ1) is 11.8. The van der Waals surface area contributed by atoms with Crippen LogP contribution in [0.2, 0.25) is 0 Å². The minimum Gasteiger partial charge on any atom is -0.373 e. The first-order chi connectivity index (χ1) is 8.85. The maximum atomic E-state index is 4.68. The van der Waals surface area contributed by atoms with Crippen LogP contribution in [0.3, 0.4) is 0 Å². The summed E-state index contributed by atoms with van der Waals surface area (Å²) in [7, 11) is 1.92. The molecule has 0 unspecified atom stereocenters. The summed E-state index contributed by atoms with van der Waals surface area (Å²) in [5, 5.41) is 6.72. The van der Waals surface area contributed by atoms with Crippen LogP contribution in [0.4, 0.5) is 11.6 Å². The van der Waals surface area contributed by atoms with Crippen molar-refractivity contribution in [3.8, 4) is 0 Å². The molecule has 0 aliphatic heterocycles. The average molecular weight is 246 g/mol. The number of anilines is 2. The number of aromatic nitrogens is 2. The van der Waals surface area contributed by atoms with Crippen LogP contribution >= 0.6 is 0 Å². The van der Waals surface area contributed by atoms with E-state index >= 15 is 0 Å². The van der Waals surface area contributed by atoms with Gasteiger partial charge < -0.3 is 10.6 Å². The third-order valence-corrected chi connectivity index (χ3v) is 3.90. The summed E-state index contributed by atoms with van der Waals surface area (Å²) in [4.78, 5) is 9.22. The summed E-state index contributed by atoms with van der Waals surface area (Å²) in [5.74, 6) is 3.55. The van der Waals surface area contributed by atoms with Crippen LogP contribution in [0.1, 0.15) is 56.7 Å². The number of nitrogens with zero attached hydrogens (tertiary/aromatic N) is 2. The fourth-order valence-corrected chi connectivity index (χ4v) is 2.65. The molecule has 4 nitrogen and oxygen atoms in total. The van der Waals surface area contributed by atoms with E-state index in [0.29, 0.717) is 12.0 Å². The molecule has 1 aromatic heterocycles. The van der Waals surface area contributed by atoms with Crippen molar-refractivity contribution in [1.82, 2.24) is 9.97 Å². The van der Waals surface area contributed by atoms with E-state index in [1.54, 1.807) is 0 Å². The van der Waals surface area contributed by atoms with Gasteiger partial charge in [-0.05, 0) is 25.7 Å². The molecule has 4 heteroatoms. The second kappa shape index (κ2) is 5.12. The summed E-state index contributed by atoms with van der Waals surface area (Å²) in [6, 6.07) is 2.63. The van der Waals surface area contributed by atoms with Crippen molar-refractivity contribution >= 4 is 11.6 Å². The fourth-order valence-electron chi connectivity index (χ4n) is 2.65. The van der Waals surface area contributed by atoms with Crippen molar-refractivity contribution in [2.24, 2.45) is 0 Å². The Bertz CT molecular complexity index is 408. The van der Waals surface area contributed by atoms with Crippen LogP contribution in [-0.2, 0) is 0 Å². The standard InChI is InChI=1S/C14H22N4/c1-15-12-9-13(16-11-5-3-2-4-6-11)18-14(17-12)10-7-8-10/h9-11H,2-8H2,1H3,(H2,15,16,17,18). The van der Waals surface area contributed by atoms with E-state index in [0.717, 1.165) is 17.5 Å². The highest BCUT2D eigenvalue weighted by Gasteiger charge is 2.27. The molecule has 0 saturated heterocycles. The van der Waals surface area contributed by atoms with Crippen molar-refractivity contribution in [1.29, 1.82) is 0 Å². The van der Waals surface area contributed by atoms with Crippen LogP contribution in [0.15, 0.2) is 6.07 Å². The number of rotatable bonds is 4. The number of hydrogen-bond donors (Lipinski definition) is 2. The summed E-state index contributed by atoms with van der Waals surface area (Å²) in [5.41, 5.74) is 0. The fraction of sp³-hybridized carbons (Fsp3) is 0.714. The van der Waals surface area contributed by atoms with Gasteiger partial charge in [0.15, 0.2) is 0 Å². The normalized spacial score (nSPS) is 20.7. The van der Waals surface area contributed by atoms with Crippen LogP contribution in [0.5, 0.6) is 0 Å². The quantitative estimate of drug-likeness (QED) is 0.857. The molecule has 0 bridgehead atoms. The van der Waals surface area contributed by atoms with Gasteiger partial charge in [-0.1, -0.05) is 19.3 Å². The van der Waals surface area contributed by atoms with E-state index < -0.39 is 0 Å². The Kier molecular flexibility index (Phi) is 3.35. The van der Waals surface area contributed by atoms with Crippen LogP contribution in [0, 0.1) is 0 Å². The lowest BCUT2D eigenvalue weighted by atomic mass is 9.95. The molecule has 2 fully saturated rings. The molecule has 2 N–H and O–H groups in total. The number of nitrogens with one attached hydrogen (secondary N) is 2. The molecule has 2 aliphatic carbocycles. The summed E-state index contributed by atoms with van der Waals surface area (Å²) < 4.78 is 0. The minimum absolute atomic E-state index is 0.602. The molecular weight excluding hydrogens is 224 g/mol. The summed E-state index contributed by atoms with van der Waals surface area (Å²) in [6.07, 6.45) is 9.12. The van der Waals surface area contributed by atoms with E-state index in [1.807, 2.05) is 13.1 Å². The molecule has 0 radical (unpaired) electrons. The van der Waals surface area contributed by atoms with E-state index in [-0.39, 0.29) is 0 Å². The molecule has 18 heavy (non-hydrogen) atoms. The van der Waals surface area contributed by atoms with Crippen molar-refractivity contribution in [2.45, 2.75) is 56.9 Å². The van der Waals surface area contributed by atoms with Gasteiger partial charge in [0.05, 0.1) is 0 Å². The Morgan fingerprint density at radius 1 is 1.00 bits per heavy atom. The van der Waals surface area contributed by atoms with Crippen molar-refractivity contribution in [3.63, 3.8) is 0 Å². The van der Waals surface area contributed by atoms with E-state index in [4.69, 9.17) is 0 Å². The van der Waals surface area contributed by atoms with E-state index in [9.17, 15) is 0 Å². The predicted molar refractivity (Wildman–Crippen MR) is 74.0 cm³/mol. The monoisotopic (exact) mass is 246 g/mol. The topological polar surface area (TPSA) is 49.8 Å². The Labute approximate surface area is 109 Å². The predicted octanol–water partition coefficient (Wildman–Crippen LogP) is 3.14. The third-order valence-electron chi connectivity index (χ3n) is 3.90. The van der Waals surface area contributed by atoms with Gasteiger partial charge in [-0.2, -0.15) is 0 Å². The van der Waals surface area contributed by atoms with Gasteiger partial charge in [-0.25, -0.2) is 9.97 Å². The first-order valence-electron chi connectivity index (χ1n) is 7.18. The molecule has 1 heterocycles. The Balaban J connectivity index is 1.74. The van der Waals surface area contributed by atoms with E-state index in [2.05, 4.69) is 20.6 Å². The maximum absolute atomic E-state index is 4.68. The lowest BCUT2D eigenvalue weighted by Crippen LogP contribution is -2.23. The van der Waals surface area contributed by atoms with Crippen LogP contribution in [0.25, 0.3) is 0 Å². The molecule has 0 atom stereocenters. The van der Waals surface area contributed by atoms with Gasteiger partial charge in [0.2, 0.25) is 0 Å². The molecular formula is C14H22N4. The lowest BCUT2D eigenvalue weighted by Gasteiger charge is -2.23. The molecule has 0 amide bonds. The zero-order chi connectivity index (χ0) is 12.4. The average Bonchev–Trinajstić information content (AvgIpc) is 3.24. The molecule has 3 rings (SSSR count). The van der Waals surface area contributed by atoms with Gasteiger partial charge in [-0.15, -0.1) is 0 Å². The zero-order valence-electron chi connectivity index (χ0n) is 11.1. The van der Waals surface area contributed by atoms with Crippen LogP contribution in [-0.4, -0.2) is 23.1 Å². The van der Waals surface area contributed by atoms with Gasteiger partial charge in [0.25, 0.3) is 0 Å². The highest BCUT2D eigenvalue weighted by Crippen LogP contribution is 2.39. The van der Waals surface area contributed by atoms with Crippen molar-refractivity contribution in [2.75, 3.05) is 17.7 Å². The summed E-state index contributed by atoms with van der Waals surface area (Å²) >= 11 is 0. The van der Waals surface area contributed by atoms with Crippen molar-refractivity contribution in [3.05, 3.63) is 11.9 Å². The molecule has 98 valence electrons. The minimum atomic E-state index is 0.602. The highest BCUT2D eigenvalue weighted by molar-refractivity contribution is 5.48. The molecule has 0 spiro atoms. The first-order valence-corrected chi connectivity index (χ1v) is 7.18. The molecule has 2 aliphatic rings. The highest BCUT2D eigenvalue weighted by atomic mass is 15.1. The third kappa shape index (κ3) is 2.74. The van der Waals surface area contributed by atoms with E-state index in [1.165, 1.54) is 44.9 Å². The number of hydrogen-bond acceptors (Lipinski definition) is 4. The second-order valence-corrected chi connectivity index (χ2v) is 5.50. The molecule has 1 aromatic rings. The van der Waals surface area contributed by atoms with Gasteiger partial charge in [0, 0.05) is 25.1 Å². The Morgan fingerprint density at radius 3 is 2.39 bits per heavy atom. The zero-order valence-corrected chi connectivity index (χ0v) is 11.1. The van der Waals surface area contributed by atoms with Gasteiger partial charge >= 0.3 is 0 Å². The largest absolute Gasteiger partial charge is 0.373 e. The Hall–Kier alpha value is -1.32. The summed E-state index contributed by atoms with van der Waals surface area (Å²) in [6.45, 7) is 0. The van der Waals surface area contributed by atoms with Gasteiger partial charge in [0.1, 0.15) is 17.5 Å². The molecule has 2 saturated carbocycles. The lowest BCUT2D eigenvalue weighted by molar-refractivity contribution is 0.461. The van der Waals surface area contributed by atoms with Crippen molar-refractivity contribution < 1.29 is 0 Å². The Morgan fingerprint density at radius 2 is 1.72 bits per heavy atom. The maximum Gasteiger partial charge on any atom is 0.136 e. The smallest absolute Gasteiger partial charge is 0.136 e. The van der Waals surface area contributed by atoms with Crippen LogP contribution < -0.4 is 10.6 Å².